The van der Waals surface area contributed by atoms with Crippen LogP contribution in [0.25, 0.3) is 0 Å². The largest absolute Gasteiger partial charge is 0.310 e. The van der Waals surface area contributed by atoms with Crippen molar-refractivity contribution in [2.45, 2.75) is 71.0 Å². The Kier molecular flexibility index (Phi) is 4.43. The first-order valence-corrected chi connectivity index (χ1v) is 8.88. The lowest BCUT2D eigenvalue weighted by atomic mass is 9.85. The highest BCUT2D eigenvalue weighted by Crippen LogP contribution is 2.33. The van der Waals surface area contributed by atoms with Crippen molar-refractivity contribution in [3.05, 3.63) is 15.6 Å². The molecule has 0 aromatic carbocycles. The van der Waals surface area contributed by atoms with Gasteiger partial charge in [0.1, 0.15) is 0 Å². The Labute approximate surface area is 126 Å². The molecule has 2 heterocycles. The molecule has 4 heteroatoms. The van der Waals surface area contributed by atoms with Crippen molar-refractivity contribution >= 4 is 11.3 Å². The highest BCUT2D eigenvalue weighted by atomic mass is 32.1. The van der Waals surface area contributed by atoms with E-state index in [1.165, 1.54) is 47.7 Å². The second-order valence-corrected chi connectivity index (χ2v) is 7.80. The van der Waals surface area contributed by atoms with Gasteiger partial charge in [0, 0.05) is 29.5 Å². The summed E-state index contributed by atoms with van der Waals surface area (Å²) in [5.41, 5.74) is 1.19. The molecule has 4 atom stereocenters. The third-order valence-corrected chi connectivity index (χ3v) is 6.20. The quantitative estimate of drug-likeness (QED) is 0.894. The van der Waals surface area contributed by atoms with Gasteiger partial charge in [-0.25, -0.2) is 4.98 Å². The number of aryl methyl sites for hydroxylation is 2. The fraction of sp³-hybridized carbons (Fsp3) is 0.812. The van der Waals surface area contributed by atoms with Gasteiger partial charge in [-0.15, -0.1) is 11.3 Å². The monoisotopic (exact) mass is 293 g/mol. The van der Waals surface area contributed by atoms with Crippen molar-refractivity contribution in [1.82, 2.24) is 15.6 Å². The van der Waals surface area contributed by atoms with E-state index < -0.39 is 0 Å². The zero-order valence-electron chi connectivity index (χ0n) is 12.9. The topological polar surface area (TPSA) is 37.0 Å². The first-order valence-electron chi connectivity index (χ1n) is 8.07. The van der Waals surface area contributed by atoms with Crippen LogP contribution in [0, 0.1) is 19.8 Å². The van der Waals surface area contributed by atoms with E-state index in [4.69, 9.17) is 0 Å². The summed E-state index contributed by atoms with van der Waals surface area (Å²) in [4.78, 5) is 5.93. The second kappa shape index (κ2) is 6.12. The average Bonchev–Trinajstić information content (AvgIpc) is 2.98. The van der Waals surface area contributed by atoms with Crippen LogP contribution >= 0.6 is 11.3 Å². The molecule has 1 aromatic heterocycles. The van der Waals surface area contributed by atoms with Gasteiger partial charge in [-0.05, 0) is 46.0 Å². The van der Waals surface area contributed by atoms with Crippen LogP contribution in [0.1, 0.15) is 60.6 Å². The molecular weight excluding hydrogens is 266 g/mol. The lowest BCUT2D eigenvalue weighted by Gasteiger charge is -2.24. The maximum atomic E-state index is 4.53. The van der Waals surface area contributed by atoms with Gasteiger partial charge in [0.2, 0.25) is 0 Å². The minimum absolute atomic E-state index is 0.422. The van der Waals surface area contributed by atoms with Crippen LogP contribution in [-0.2, 0) is 0 Å². The molecule has 3 nitrogen and oxygen atoms in total. The van der Waals surface area contributed by atoms with Crippen molar-refractivity contribution < 1.29 is 0 Å². The molecule has 1 aromatic rings. The molecule has 2 fully saturated rings. The number of fused-ring (bicyclic) bond motifs is 1. The van der Waals surface area contributed by atoms with E-state index in [2.05, 4.69) is 36.4 Å². The zero-order valence-corrected chi connectivity index (χ0v) is 13.7. The van der Waals surface area contributed by atoms with Gasteiger partial charge in [-0.1, -0.05) is 12.8 Å². The van der Waals surface area contributed by atoms with Crippen LogP contribution in [0.4, 0.5) is 0 Å². The smallest absolute Gasteiger partial charge is 0.0900 e. The fourth-order valence-corrected chi connectivity index (χ4v) is 4.90. The molecule has 2 N–H and O–H groups in total. The zero-order chi connectivity index (χ0) is 14.1. The van der Waals surface area contributed by atoms with Crippen molar-refractivity contribution in [2.24, 2.45) is 5.92 Å². The molecule has 1 aliphatic heterocycles. The fourth-order valence-electron chi connectivity index (χ4n) is 3.95. The highest BCUT2D eigenvalue weighted by Gasteiger charge is 2.34. The van der Waals surface area contributed by atoms with Crippen LogP contribution in [-0.4, -0.2) is 23.6 Å². The minimum Gasteiger partial charge on any atom is -0.310 e. The van der Waals surface area contributed by atoms with E-state index in [0.29, 0.717) is 12.1 Å². The summed E-state index contributed by atoms with van der Waals surface area (Å²) in [6.45, 7) is 7.57. The summed E-state index contributed by atoms with van der Waals surface area (Å²) >= 11 is 1.83. The Balaban J connectivity index is 1.51. The van der Waals surface area contributed by atoms with Crippen molar-refractivity contribution in [3.8, 4) is 0 Å². The van der Waals surface area contributed by atoms with Crippen molar-refractivity contribution in [1.29, 1.82) is 0 Å². The molecule has 1 saturated heterocycles. The van der Waals surface area contributed by atoms with Crippen LogP contribution < -0.4 is 10.6 Å². The first-order chi connectivity index (χ1) is 9.63. The minimum atomic E-state index is 0.422. The van der Waals surface area contributed by atoms with E-state index in [-0.39, 0.29) is 0 Å². The second-order valence-electron chi connectivity index (χ2n) is 6.56. The summed E-state index contributed by atoms with van der Waals surface area (Å²) < 4.78 is 0. The lowest BCUT2D eigenvalue weighted by molar-refractivity contribution is 0.325. The Morgan fingerprint density at radius 2 is 2.15 bits per heavy atom. The maximum absolute atomic E-state index is 4.53. The molecular formula is C16H27N3S. The van der Waals surface area contributed by atoms with E-state index in [9.17, 15) is 0 Å². The number of nitrogens with one attached hydrogen (secondary N) is 2. The van der Waals surface area contributed by atoms with Crippen LogP contribution in [0.15, 0.2) is 0 Å². The van der Waals surface area contributed by atoms with Gasteiger partial charge in [-0.2, -0.15) is 0 Å². The molecule has 112 valence electrons. The summed E-state index contributed by atoms with van der Waals surface area (Å²) in [5.74, 6) is 0.943. The van der Waals surface area contributed by atoms with Gasteiger partial charge >= 0.3 is 0 Å². The number of nitrogens with zero attached hydrogens (tertiary/aromatic N) is 1. The number of hydrogen-bond donors (Lipinski definition) is 2. The first kappa shape index (κ1) is 14.5. The summed E-state index contributed by atoms with van der Waals surface area (Å²) in [6, 6.07) is 1.89. The molecule has 20 heavy (non-hydrogen) atoms. The Bertz CT molecular complexity index is 443. The molecule has 0 spiro atoms. The summed E-state index contributed by atoms with van der Waals surface area (Å²) in [6.07, 6.45) is 7.06. The van der Waals surface area contributed by atoms with Crippen LogP contribution in [0.3, 0.4) is 0 Å². The molecule has 1 aliphatic carbocycles. The van der Waals surface area contributed by atoms with E-state index >= 15 is 0 Å². The molecule has 3 rings (SSSR count). The number of aromatic nitrogens is 1. The molecule has 0 radical (unpaired) electrons. The van der Waals surface area contributed by atoms with Gasteiger partial charge in [-0.3, -0.25) is 0 Å². The summed E-state index contributed by atoms with van der Waals surface area (Å²) in [7, 11) is 0. The Morgan fingerprint density at radius 3 is 2.85 bits per heavy atom. The predicted octanol–water partition coefficient (Wildman–Crippen LogP) is 3.33. The lowest BCUT2D eigenvalue weighted by Crippen LogP contribution is -2.39. The summed E-state index contributed by atoms with van der Waals surface area (Å²) in [5, 5.41) is 8.73. The average molecular weight is 293 g/mol. The van der Waals surface area contributed by atoms with E-state index in [0.717, 1.165) is 18.5 Å². The third-order valence-electron chi connectivity index (χ3n) is 4.95. The maximum Gasteiger partial charge on any atom is 0.0900 e. The Morgan fingerprint density at radius 1 is 1.35 bits per heavy atom. The van der Waals surface area contributed by atoms with Gasteiger partial charge in [0.05, 0.1) is 10.7 Å². The Hall–Kier alpha value is -0.450. The molecule has 0 bridgehead atoms. The van der Waals surface area contributed by atoms with Crippen molar-refractivity contribution in [3.63, 3.8) is 0 Å². The highest BCUT2D eigenvalue weighted by molar-refractivity contribution is 7.11. The van der Waals surface area contributed by atoms with Gasteiger partial charge in [0.25, 0.3) is 0 Å². The number of rotatable bonds is 4. The number of hydrogen-bond acceptors (Lipinski definition) is 4. The standard InChI is InChI=1S/C16H27N3S/c1-10(16-11(2)18-12(3)20-16)17-9-14-8-13-6-4-5-7-15(13)19-14/h10,13-15,17,19H,4-9H2,1-3H3. The van der Waals surface area contributed by atoms with Gasteiger partial charge in [0.15, 0.2) is 0 Å². The van der Waals surface area contributed by atoms with E-state index in [1.54, 1.807) is 0 Å². The molecule has 4 unspecified atom stereocenters. The predicted molar refractivity (Wildman–Crippen MR) is 85.3 cm³/mol. The van der Waals surface area contributed by atoms with Gasteiger partial charge < -0.3 is 10.6 Å². The molecule has 0 amide bonds. The van der Waals surface area contributed by atoms with E-state index in [1.807, 2.05) is 11.3 Å². The normalized spacial score (nSPS) is 31.2. The molecule has 1 saturated carbocycles. The van der Waals surface area contributed by atoms with Crippen molar-refractivity contribution in [2.75, 3.05) is 6.54 Å². The number of thiazole rings is 1. The molecule has 2 aliphatic rings. The van der Waals surface area contributed by atoms with Crippen LogP contribution in [0.5, 0.6) is 0 Å². The third kappa shape index (κ3) is 3.07. The van der Waals surface area contributed by atoms with Crippen LogP contribution in [0.2, 0.25) is 0 Å². The SMILES string of the molecule is Cc1nc(C)c(C(C)NCC2CC3CCCCC3N2)s1.